The Morgan fingerprint density at radius 1 is 1.02 bits per heavy atom. The van der Waals surface area contributed by atoms with Crippen LogP contribution in [0.4, 0.5) is 5.69 Å². The Kier molecular flexibility index (Phi) is 9.08. The average Bonchev–Trinajstić information content (AvgIpc) is 3.15. The van der Waals surface area contributed by atoms with Crippen molar-refractivity contribution in [2.75, 3.05) is 32.1 Å². The van der Waals surface area contributed by atoms with Crippen LogP contribution in [0, 0.1) is 5.92 Å². The number of hydrogen-bond acceptors (Lipinski definition) is 6. The minimum absolute atomic E-state index is 0.0784. The van der Waals surface area contributed by atoms with Crippen LogP contribution in [0.3, 0.4) is 0 Å². The number of anilines is 1. The summed E-state index contributed by atoms with van der Waals surface area (Å²) in [6.45, 7) is 4.63. The third-order valence-corrected chi connectivity index (χ3v) is 10.1. The van der Waals surface area contributed by atoms with Crippen molar-refractivity contribution in [2.24, 2.45) is 5.92 Å². The Labute approximate surface area is 264 Å². The van der Waals surface area contributed by atoms with Gasteiger partial charge >= 0.3 is 5.97 Å². The summed E-state index contributed by atoms with van der Waals surface area (Å²) in [5, 5.41) is 1.07. The fourth-order valence-electron chi connectivity index (χ4n) is 6.52. The molecule has 1 saturated carbocycles. The third-order valence-electron chi connectivity index (χ3n) is 9.32. The lowest BCUT2D eigenvalue weighted by Crippen LogP contribution is -2.48. The fraction of sp³-hybridized carbons (Fsp3) is 0.457. The van der Waals surface area contributed by atoms with E-state index in [1.54, 1.807) is 0 Å². The number of esters is 1. The van der Waals surface area contributed by atoms with Gasteiger partial charge in [0.15, 0.2) is 0 Å². The van der Waals surface area contributed by atoms with Gasteiger partial charge in [-0.1, -0.05) is 54.7 Å². The van der Waals surface area contributed by atoms with Gasteiger partial charge in [-0.2, -0.15) is 0 Å². The van der Waals surface area contributed by atoms with Gasteiger partial charge in [-0.25, -0.2) is 0 Å². The molecule has 8 heteroatoms. The fourth-order valence-corrected chi connectivity index (χ4v) is 6.83. The lowest BCUT2D eigenvalue weighted by Gasteiger charge is -2.39. The van der Waals surface area contributed by atoms with Crippen molar-refractivity contribution >= 4 is 34.9 Å². The summed E-state index contributed by atoms with van der Waals surface area (Å²) in [7, 11) is 3.61. The highest BCUT2D eigenvalue weighted by Gasteiger charge is 2.36. The van der Waals surface area contributed by atoms with E-state index in [4.69, 9.17) is 37.4 Å². The molecule has 3 aliphatic rings. The highest BCUT2D eigenvalue weighted by atomic mass is 35.5. The Hall–Kier alpha value is -2.93. The number of methoxy groups -OCH3 is 1. The quantitative estimate of drug-likeness (QED) is 0.236. The van der Waals surface area contributed by atoms with Crippen LogP contribution < -0.4 is 14.4 Å². The summed E-state index contributed by atoms with van der Waals surface area (Å²) in [6, 6.07) is 18.1. The van der Waals surface area contributed by atoms with Crippen molar-refractivity contribution in [3.63, 3.8) is 0 Å². The SMILES string of the molecule is CC[C@@H](Oc1ccc([C@H]2CCN(C)c3cc4c(cc3O2)CN(CC2CCC2)[C@H](C(=O)OC)C4)cc1)c1ccc(Cl)c(Cl)c1. The summed E-state index contributed by atoms with van der Waals surface area (Å²) >= 11 is 12.4. The van der Waals surface area contributed by atoms with Crippen LogP contribution in [0.15, 0.2) is 54.6 Å². The summed E-state index contributed by atoms with van der Waals surface area (Å²) in [5.41, 5.74) is 5.64. The number of fused-ring (bicyclic) bond motifs is 2. The lowest BCUT2D eigenvalue weighted by atomic mass is 9.83. The predicted molar refractivity (Wildman–Crippen MR) is 172 cm³/mol. The molecule has 1 aliphatic carbocycles. The van der Waals surface area contributed by atoms with E-state index in [1.807, 2.05) is 30.3 Å². The molecule has 3 atom stereocenters. The molecular formula is C35H40Cl2N2O4. The molecule has 3 aromatic carbocycles. The summed E-state index contributed by atoms with van der Waals surface area (Å²) in [5.74, 6) is 2.23. The molecule has 0 unspecified atom stereocenters. The number of nitrogens with zero attached hydrogens (tertiary/aromatic N) is 2. The number of benzene rings is 3. The maximum absolute atomic E-state index is 12.8. The van der Waals surface area contributed by atoms with E-state index in [-0.39, 0.29) is 24.2 Å². The monoisotopic (exact) mass is 622 g/mol. The molecular weight excluding hydrogens is 583 g/mol. The maximum atomic E-state index is 12.8. The van der Waals surface area contributed by atoms with Gasteiger partial charge in [0.05, 0.1) is 22.8 Å². The molecule has 2 aliphatic heterocycles. The first-order chi connectivity index (χ1) is 20.8. The second kappa shape index (κ2) is 13.0. The van der Waals surface area contributed by atoms with Crippen molar-refractivity contribution in [3.05, 3.63) is 86.9 Å². The number of ether oxygens (including phenoxy) is 3. The largest absolute Gasteiger partial charge is 0.486 e. The van der Waals surface area contributed by atoms with E-state index >= 15 is 0 Å². The highest BCUT2D eigenvalue weighted by molar-refractivity contribution is 6.42. The van der Waals surface area contributed by atoms with Crippen LogP contribution in [0.25, 0.3) is 0 Å². The third kappa shape index (κ3) is 6.47. The van der Waals surface area contributed by atoms with Gasteiger partial charge in [-0.3, -0.25) is 9.69 Å². The normalized spacial score (nSPS) is 21.1. The van der Waals surface area contributed by atoms with Crippen LogP contribution in [-0.4, -0.2) is 44.2 Å². The first-order valence-electron chi connectivity index (χ1n) is 15.4. The molecule has 1 fully saturated rings. The van der Waals surface area contributed by atoms with E-state index in [0.29, 0.717) is 22.4 Å². The summed E-state index contributed by atoms with van der Waals surface area (Å²) in [4.78, 5) is 17.4. The Bertz CT molecular complexity index is 1460. The topological polar surface area (TPSA) is 51.2 Å². The summed E-state index contributed by atoms with van der Waals surface area (Å²) < 4.78 is 18.3. The van der Waals surface area contributed by atoms with Gasteiger partial charge < -0.3 is 19.1 Å². The zero-order valence-electron chi connectivity index (χ0n) is 25.2. The molecule has 228 valence electrons. The molecule has 6 nitrogen and oxygen atoms in total. The van der Waals surface area contributed by atoms with Crippen LogP contribution >= 0.6 is 23.2 Å². The Balaban J connectivity index is 1.20. The van der Waals surface area contributed by atoms with E-state index in [1.165, 1.54) is 37.5 Å². The first kappa shape index (κ1) is 30.1. The van der Waals surface area contributed by atoms with Gasteiger partial charge in [-0.15, -0.1) is 0 Å². The van der Waals surface area contributed by atoms with Crippen molar-refractivity contribution in [1.82, 2.24) is 4.90 Å². The van der Waals surface area contributed by atoms with Crippen molar-refractivity contribution < 1.29 is 19.0 Å². The highest BCUT2D eigenvalue weighted by Crippen LogP contribution is 2.42. The molecule has 0 N–H and O–H groups in total. The van der Waals surface area contributed by atoms with Crippen LogP contribution in [0.5, 0.6) is 11.5 Å². The number of carbonyl (C=O) groups excluding carboxylic acids is 1. The van der Waals surface area contributed by atoms with E-state index < -0.39 is 0 Å². The van der Waals surface area contributed by atoms with Crippen molar-refractivity contribution in [2.45, 2.75) is 70.2 Å². The van der Waals surface area contributed by atoms with Crippen molar-refractivity contribution in [3.8, 4) is 11.5 Å². The van der Waals surface area contributed by atoms with Crippen LogP contribution in [-0.2, 0) is 22.5 Å². The molecule has 0 aromatic heterocycles. The predicted octanol–water partition coefficient (Wildman–Crippen LogP) is 8.18. The number of halogens is 2. The van der Waals surface area contributed by atoms with E-state index in [9.17, 15) is 4.79 Å². The standard InChI is InChI=1S/C35H40Cl2N2O4/c1-4-32(24-10-13-28(36)29(37)16-24)42-27-11-8-23(9-12-27)33-14-15-38(2)30-17-25-18-31(35(40)41-3)39(20-22-6-5-7-22)21-26(25)19-34(30)43-33/h8-13,16-17,19,22,31-33H,4-7,14-15,18,20-21H2,1-3H3/t31-,32+,33+/m0/s1. The van der Waals surface area contributed by atoms with Gasteiger partial charge in [0.2, 0.25) is 0 Å². The Morgan fingerprint density at radius 3 is 2.49 bits per heavy atom. The van der Waals surface area contributed by atoms with Crippen LogP contribution in [0.1, 0.15) is 73.5 Å². The lowest BCUT2D eigenvalue weighted by molar-refractivity contribution is -0.148. The zero-order valence-corrected chi connectivity index (χ0v) is 26.7. The van der Waals surface area contributed by atoms with Gasteiger partial charge in [-0.05, 0) is 90.3 Å². The second-order valence-electron chi connectivity index (χ2n) is 12.1. The molecule has 6 rings (SSSR count). The minimum atomic E-state index is -0.231. The molecule has 0 bridgehead atoms. The van der Waals surface area contributed by atoms with Crippen molar-refractivity contribution in [1.29, 1.82) is 0 Å². The molecule has 3 aromatic rings. The molecule has 43 heavy (non-hydrogen) atoms. The molecule has 2 heterocycles. The second-order valence-corrected chi connectivity index (χ2v) is 12.9. The van der Waals surface area contributed by atoms with Crippen LogP contribution in [0.2, 0.25) is 10.0 Å². The number of hydrogen-bond donors (Lipinski definition) is 0. The minimum Gasteiger partial charge on any atom is -0.486 e. The maximum Gasteiger partial charge on any atom is 0.323 e. The average molecular weight is 624 g/mol. The van der Waals surface area contributed by atoms with Gasteiger partial charge in [0.25, 0.3) is 0 Å². The molecule has 0 saturated heterocycles. The zero-order chi connectivity index (χ0) is 30.1. The number of rotatable bonds is 8. The molecule has 0 radical (unpaired) electrons. The molecule has 0 spiro atoms. The number of carbonyl (C=O) groups is 1. The summed E-state index contributed by atoms with van der Waals surface area (Å²) in [6.07, 6.45) is 5.91. The van der Waals surface area contributed by atoms with Gasteiger partial charge in [0, 0.05) is 33.1 Å². The Morgan fingerprint density at radius 2 is 1.81 bits per heavy atom. The van der Waals surface area contributed by atoms with E-state index in [2.05, 4.69) is 48.0 Å². The smallest absolute Gasteiger partial charge is 0.323 e. The van der Waals surface area contributed by atoms with Gasteiger partial charge in [0.1, 0.15) is 29.7 Å². The van der Waals surface area contributed by atoms with E-state index in [0.717, 1.165) is 60.8 Å². The first-order valence-corrected chi connectivity index (χ1v) is 16.2. The molecule has 0 amide bonds.